The Hall–Kier alpha value is -4.56. The molecule has 2 N–H and O–H groups in total. The number of benzene rings is 3. The van der Waals surface area contributed by atoms with Gasteiger partial charge in [-0.25, -0.2) is 4.68 Å². The van der Waals surface area contributed by atoms with Gasteiger partial charge >= 0.3 is 5.97 Å². The molecule has 0 unspecified atom stereocenters. The lowest BCUT2D eigenvalue weighted by Gasteiger charge is -2.11. The number of aliphatic carboxylic acids is 1. The van der Waals surface area contributed by atoms with Gasteiger partial charge in [0, 0.05) is 5.56 Å². The van der Waals surface area contributed by atoms with Gasteiger partial charge in [0.1, 0.15) is 11.8 Å². The van der Waals surface area contributed by atoms with Crippen LogP contribution in [0.3, 0.4) is 0 Å². The fraction of sp³-hybridized carbons (Fsp3) is 0.200. The number of nitrogens with zero attached hydrogens (tertiary/aromatic N) is 4. The Morgan fingerprint density at radius 2 is 1.61 bits per heavy atom. The van der Waals surface area contributed by atoms with E-state index in [2.05, 4.69) is 15.5 Å². The summed E-state index contributed by atoms with van der Waals surface area (Å²) in [6.07, 6.45) is 2.06. The molecule has 1 fully saturated rings. The molecular formula is C30H26N4O4. The highest BCUT2D eigenvalue weighted by molar-refractivity contribution is 5.85. The van der Waals surface area contributed by atoms with Gasteiger partial charge in [-0.1, -0.05) is 89.2 Å². The molecule has 0 radical (unpaired) electrons. The molecule has 0 aliphatic heterocycles. The lowest BCUT2D eigenvalue weighted by molar-refractivity contribution is -0.140. The van der Waals surface area contributed by atoms with E-state index in [1.54, 1.807) is 17.8 Å². The number of aryl methyl sites for hydroxylation is 1. The highest BCUT2D eigenvalue weighted by Crippen LogP contribution is 2.48. The van der Waals surface area contributed by atoms with Crippen LogP contribution >= 0.6 is 0 Å². The number of rotatable bonds is 8. The molecule has 1 aliphatic rings. The molecule has 0 amide bonds. The van der Waals surface area contributed by atoms with Crippen molar-refractivity contribution in [3.63, 3.8) is 0 Å². The van der Waals surface area contributed by atoms with Gasteiger partial charge in [-0.15, -0.1) is 5.10 Å². The fourth-order valence-corrected chi connectivity index (χ4v) is 4.89. The second-order valence-electron chi connectivity index (χ2n) is 9.78. The van der Waals surface area contributed by atoms with Gasteiger partial charge in [0.15, 0.2) is 5.76 Å². The number of carboxylic acids is 1. The first-order valence-electron chi connectivity index (χ1n) is 12.5. The Morgan fingerprint density at radius 1 is 0.974 bits per heavy atom. The molecular weight excluding hydrogens is 480 g/mol. The molecule has 6 rings (SSSR count). The van der Waals surface area contributed by atoms with Crippen molar-refractivity contribution in [3.05, 3.63) is 113 Å². The highest BCUT2D eigenvalue weighted by Gasteiger charge is 2.51. The summed E-state index contributed by atoms with van der Waals surface area (Å²) in [4.78, 5) is 11.6. The summed E-state index contributed by atoms with van der Waals surface area (Å²) in [5.74, 6) is -0.277. The van der Waals surface area contributed by atoms with E-state index in [0.717, 1.165) is 27.8 Å². The molecule has 0 spiro atoms. The van der Waals surface area contributed by atoms with Crippen molar-refractivity contribution in [2.75, 3.05) is 0 Å². The largest absolute Gasteiger partial charge is 0.481 e. The molecule has 5 aromatic rings. The van der Waals surface area contributed by atoms with E-state index in [-0.39, 0.29) is 0 Å². The Bertz CT molecular complexity index is 1580. The third kappa shape index (κ3) is 4.29. The molecule has 1 saturated carbocycles. The van der Waals surface area contributed by atoms with Crippen LogP contribution in [-0.2, 0) is 16.8 Å². The van der Waals surface area contributed by atoms with Crippen molar-refractivity contribution in [3.8, 4) is 22.5 Å². The average molecular weight is 507 g/mol. The number of aromatic nitrogens is 4. The van der Waals surface area contributed by atoms with Crippen molar-refractivity contribution in [1.29, 1.82) is 0 Å². The number of carboxylic acid groups (broad SMARTS) is 1. The predicted octanol–water partition coefficient (Wildman–Crippen LogP) is 5.15. The SMILES string of the molecule is Cc1noc(-c2ccc(-c3ccc(C4(C(=O)O)CC4)cc3)cc2)c1[C@H](O)c1cn(Cc2ccccc2)nn1. The average Bonchev–Trinajstić information content (AvgIpc) is 3.49. The molecule has 1 atom stereocenters. The van der Waals surface area contributed by atoms with Crippen molar-refractivity contribution in [1.82, 2.24) is 20.2 Å². The van der Waals surface area contributed by atoms with E-state index in [0.29, 0.717) is 42.1 Å². The van der Waals surface area contributed by atoms with Crippen molar-refractivity contribution in [2.24, 2.45) is 0 Å². The topological polar surface area (TPSA) is 114 Å². The van der Waals surface area contributed by atoms with Crippen LogP contribution in [0.25, 0.3) is 22.5 Å². The number of hydrogen-bond acceptors (Lipinski definition) is 6. The molecule has 0 saturated heterocycles. The van der Waals surface area contributed by atoms with Gasteiger partial charge in [0.2, 0.25) is 0 Å². The van der Waals surface area contributed by atoms with Crippen LogP contribution in [-0.4, -0.2) is 36.3 Å². The van der Waals surface area contributed by atoms with E-state index in [1.807, 2.05) is 78.9 Å². The summed E-state index contributed by atoms with van der Waals surface area (Å²) in [6, 6.07) is 25.4. The van der Waals surface area contributed by atoms with E-state index in [4.69, 9.17) is 4.52 Å². The summed E-state index contributed by atoms with van der Waals surface area (Å²) in [5.41, 5.74) is 5.53. The zero-order chi connectivity index (χ0) is 26.3. The Balaban J connectivity index is 1.22. The summed E-state index contributed by atoms with van der Waals surface area (Å²) in [5, 5.41) is 33.2. The third-order valence-electron chi connectivity index (χ3n) is 7.28. The molecule has 2 heterocycles. The molecule has 2 aromatic heterocycles. The van der Waals surface area contributed by atoms with Crippen molar-refractivity contribution < 1.29 is 19.5 Å². The third-order valence-corrected chi connectivity index (χ3v) is 7.28. The van der Waals surface area contributed by atoms with E-state index in [1.165, 1.54) is 0 Å². The van der Waals surface area contributed by atoms with Crippen LogP contribution in [0.2, 0.25) is 0 Å². The van der Waals surface area contributed by atoms with Crippen LogP contribution in [0.4, 0.5) is 0 Å². The predicted molar refractivity (Wildman–Crippen MR) is 140 cm³/mol. The van der Waals surface area contributed by atoms with Gasteiger partial charge in [-0.3, -0.25) is 4.79 Å². The van der Waals surface area contributed by atoms with Crippen molar-refractivity contribution in [2.45, 2.75) is 37.8 Å². The van der Waals surface area contributed by atoms with Gasteiger partial charge in [0.05, 0.1) is 29.4 Å². The van der Waals surface area contributed by atoms with Gasteiger partial charge in [-0.2, -0.15) is 0 Å². The summed E-state index contributed by atoms with van der Waals surface area (Å²) >= 11 is 0. The van der Waals surface area contributed by atoms with Crippen LogP contribution in [0.5, 0.6) is 0 Å². The standard InChI is InChI=1S/C30H26N4O4/c1-19-26(27(35)25-18-34(33-31-25)17-20-5-3-2-4-6-20)28(38-32-19)23-9-7-21(8-10-23)22-11-13-24(14-12-22)30(15-16-30)29(36)37/h2-14,18,27,35H,15-17H2,1H3,(H,36,37)/t27-/m1/s1. The van der Waals surface area contributed by atoms with Gasteiger partial charge < -0.3 is 14.7 Å². The first kappa shape index (κ1) is 23.8. The van der Waals surface area contributed by atoms with Crippen molar-refractivity contribution >= 4 is 5.97 Å². The summed E-state index contributed by atoms with van der Waals surface area (Å²) in [7, 11) is 0. The number of aliphatic hydroxyl groups excluding tert-OH is 1. The molecule has 1 aliphatic carbocycles. The van der Waals surface area contributed by atoms with Crippen LogP contribution in [0, 0.1) is 6.92 Å². The Labute approximate surface area is 219 Å². The minimum absolute atomic E-state index is 0.417. The number of carbonyl (C=O) groups is 1. The first-order valence-corrected chi connectivity index (χ1v) is 12.5. The highest BCUT2D eigenvalue weighted by atomic mass is 16.5. The normalized spacial score (nSPS) is 14.8. The Morgan fingerprint density at radius 3 is 2.24 bits per heavy atom. The van der Waals surface area contributed by atoms with E-state index >= 15 is 0 Å². The molecule has 8 heteroatoms. The first-order chi connectivity index (χ1) is 18.4. The van der Waals surface area contributed by atoms with Crippen LogP contribution in [0.15, 0.2) is 89.6 Å². The lowest BCUT2D eigenvalue weighted by atomic mass is 9.93. The summed E-state index contributed by atoms with van der Waals surface area (Å²) < 4.78 is 7.33. The maximum Gasteiger partial charge on any atom is 0.314 e. The molecule has 38 heavy (non-hydrogen) atoms. The van der Waals surface area contributed by atoms with Gasteiger partial charge in [-0.05, 0) is 42.0 Å². The maximum absolute atomic E-state index is 11.6. The monoisotopic (exact) mass is 506 g/mol. The second-order valence-corrected chi connectivity index (χ2v) is 9.78. The van der Waals surface area contributed by atoms with Crippen LogP contribution < -0.4 is 0 Å². The zero-order valence-corrected chi connectivity index (χ0v) is 20.8. The number of hydrogen-bond donors (Lipinski definition) is 2. The van der Waals surface area contributed by atoms with Crippen LogP contribution in [0.1, 0.15) is 47.0 Å². The Kier molecular flexibility index (Phi) is 5.88. The zero-order valence-electron chi connectivity index (χ0n) is 20.8. The molecule has 8 nitrogen and oxygen atoms in total. The summed E-state index contributed by atoms with van der Waals surface area (Å²) in [6.45, 7) is 2.34. The second kappa shape index (κ2) is 9.39. The molecule has 0 bridgehead atoms. The molecule has 190 valence electrons. The smallest absolute Gasteiger partial charge is 0.314 e. The number of aliphatic hydroxyl groups is 1. The maximum atomic E-state index is 11.6. The van der Waals surface area contributed by atoms with E-state index in [9.17, 15) is 15.0 Å². The fourth-order valence-electron chi connectivity index (χ4n) is 4.89. The van der Waals surface area contributed by atoms with E-state index < -0.39 is 17.5 Å². The lowest BCUT2D eigenvalue weighted by Crippen LogP contribution is -2.19. The van der Waals surface area contributed by atoms with Gasteiger partial charge in [0.25, 0.3) is 0 Å². The quantitative estimate of drug-likeness (QED) is 0.299. The minimum Gasteiger partial charge on any atom is -0.481 e. The molecule has 3 aromatic carbocycles. The minimum atomic E-state index is -1.04.